The highest BCUT2D eigenvalue weighted by Crippen LogP contribution is 2.07. The van der Waals surface area contributed by atoms with Crippen molar-refractivity contribution in [3.8, 4) is 0 Å². The van der Waals surface area contributed by atoms with E-state index in [9.17, 15) is 8.42 Å². The molecule has 1 aromatic rings. The minimum absolute atomic E-state index is 0.281. The molecule has 1 N–H and O–H groups in total. The molecule has 0 saturated heterocycles. The molecular weight excluding hydrogens is 248 g/mol. The van der Waals surface area contributed by atoms with Gasteiger partial charge in [0, 0.05) is 26.5 Å². The van der Waals surface area contributed by atoms with Gasteiger partial charge in [-0.05, 0) is 11.1 Å². The molecule has 0 saturated carbocycles. The smallest absolute Gasteiger partial charge is 0.198 e. The third kappa shape index (κ3) is 3.75. The van der Waals surface area contributed by atoms with Crippen LogP contribution >= 0.6 is 11.6 Å². The number of nitrogens with one attached hydrogen (secondary N) is 1. The van der Waals surface area contributed by atoms with Crippen molar-refractivity contribution in [3.05, 3.63) is 35.4 Å². The van der Waals surface area contributed by atoms with Crippen LogP contribution in [0.4, 0.5) is 0 Å². The summed E-state index contributed by atoms with van der Waals surface area (Å²) in [6, 6.07) is 7.48. The summed E-state index contributed by atoms with van der Waals surface area (Å²) in [4.78, 5) is 0. The van der Waals surface area contributed by atoms with Crippen LogP contribution in [0.5, 0.6) is 0 Å². The van der Waals surface area contributed by atoms with Crippen molar-refractivity contribution in [2.45, 2.75) is 12.4 Å². The molecule has 0 amide bonds. The van der Waals surface area contributed by atoms with Gasteiger partial charge in [0.15, 0.2) is 0 Å². The summed E-state index contributed by atoms with van der Waals surface area (Å²) in [6.07, 6.45) is 0. The maximum Gasteiger partial charge on any atom is 0.279 e. The van der Waals surface area contributed by atoms with Gasteiger partial charge in [0.05, 0.1) is 0 Å². The zero-order chi connectivity index (χ0) is 12.2. The van der Waals surface area contributed by atoms with Gasteiger partial charge < -0.3 is 0 Å². The Balaban J connectivity index is 2.62. The molecule has 0 radical (unpaired) electrons. The van der Waals surface area contributed by atoms with Crippen LogP contribution < -0.4 is 4.72 Å². The first-order valence-corrected chi connectivity index (χ1v) is 6.74. The number of hydrogen-bond donors (Lipinski definition) is 1. The van der Waals surface area contributed by atoms with Crippen LogP contribution in [0.25, 0.3) is 0 Å². The molecule has 16 heavy (non-hydrogen) atoms. The second kappa shape index (κ2) is 5.63. The van der Waals surface area contributed by atoms with E-state index in [1.807, 2.05) is 24.3 Å². The molecule has 0 heterocycles. The van der Waals surface area contributed by atoms with Gasteiger partial charge in [0.2, 0.25) is 0 Å². The Morgan fingerprint density at radius 3 is 2.12 bits per heavy atom. The van der Waals surface area contributed by atoms with E-state index in [0.29, 0.717) is 5.88 Å². The summed E-state index contributed by atoms with van der Waals surface area (Å²) in [7, 11) is -0.385. The highest BCUT2D eigenvalue weighted by Gasteiger charge is 2.11. The predicted octanol–water partition coefficient (Wildman–Crippen LogP) is 1.32. The fourth-order valence-corrected chi connectivity index (χ4v) is 1.84. The van der Waals surface area contributed by atoms with E-state index in [-0.39, 0.29) is 6.54 Å². The van der Waals surface area contributed by atoms with E-state index in [0.717, 1.165) is 15.4 Å². The Bertz CT molecular complexity index is 429. The molecule has 1 rings (SSSR count). The van der Waals surface area contributed by atoms with Gasteiger partial charge in [-0.15, -0.1) is 11.6 Å². The van der Waals surface area contributed by atoms with Crippen LogP contribution in [-0.4, -0.2) is 26.8 Å². The average Bonchev–Trinajstić information content (AvgIpc) is 2.27. The maximum absolute atomic E-state index is 11.4. The molecule has 0 unspecified atom stereocenters. The number of nitrogens with zero attached hydrogens (tertiary/aromatic N) is 1. The van der Waals surface area contributed by atoms with Crippen LogP contribution in [0.1, 0.15) is 11.1 Å². The summed E-state index contributed by atoms with van der Waals surface area (Å²) in [5.74, 6) is 0.462. The van der Waals surface area contributed by atoms with Crippen molar-refractivity contribution in [1.82, 2.24) is 9.03 Å². The molecule has 1 aromatic carbocycles. The second-order valence-corrected chi connectivity index (χ2v) is 5.80. The van der Waals surface area contributed by atoms with Crippen molar-refractivity contribution < 1.29 is 8.42 Å². The molecule has 90 valence electrons. The van der Waals surface area contributed by atoms with Crippen LogP contribution in [0.2, 0.25) is 0 Å². The first-order chi connectivity index (χ1) is 7.45. The van der Waals surface area contributed by atoms with Crippen molar-refractivity contribution in [3.63, 3.8) is 0 Å². The Morgan fingerprint density at radius 1 is 1.19 bits per heavy atom. The monoisotopic (exact) mass is 262 g/mol. The van der Waals surface area contributed by atoms with Gasteiger partial charge in [-0.3, -0.25) is 0 Å². The molecule has 0 fully saturated rings. The topological polar surface area (TPSA) is 49.4 Å². The van der Waals surface area contributed by atoms with Gasteiger partial charge in [-0.2, -0.15) is 17.4 Å². The molecule has 0 bridgehead atoms. The van der Waals surface area contributed by atoms with Crippen molar-refractivity contribution >= 4 is 21.8 Å². The minimum atomic E-state index is -3.35. The van der Waals surface area contributed by atoms with E-state index in [2.05, 4.69) is 4.72 Å². The Morgan fingerprint density at radius 2 is 1.69 bits per heavy atom. The van der Waals surface area contributed by atoms with Gasteiger partial charge in [-0.25, -0.2) is 0 Å². The summed E-state index contributed by atoms with van der Waals surface area (Å²) in [5.41, 5.74) is 1.92. The molecule has 0 aliphatic carbocycles. The summed E-state index contributed by atoms with van der Waals surface area (Å²) < 4.78 is 26.5. The third-order valence-electron chi connectivity index (χ3n) is 2.12. The van der Waals surface area contributed by atoms with E-state index in [4.69, 9.17) is 11.6 Å². The standard InChI is InChI=1S/C10H15ClN2O2S/c1-13(2)16(14,15)12-8-10-5-3-9(7-11)4-6-10/h3-6,12H,7-8H2,1-2H3. The lowest BCUT2D eigenvalue weighted by molar-refractivity contribution is 0.505. The fraction of sp³-hybridized carbons (Fsp3) is 0.400. The molecule has 0 aliphatic heterocycles. The first-order valence-electron chi connectivity index (χ1n) is 4.76. The summed E-state index contributed by atoms with van der Waals surface area (Å²) in [5, 5.41) is 0. The highest BCUT2D eigenvalue weighted by atomic mass is 35.5. The van der Waals surface area contributed by atoms with E-state index in [1.54, 1.807) is 0 Å². The molecule has 0 atom stereocenters. The van der Waals surface area contributed by atoms with Gasteiger partial charge in [0.1, 0.15) is 0 Å². The minimum Gasteiger partial charge on any atom is -0.198 e. The Hall–Kier alpha value is -0.620. The number of halogens is 1. The maximum atomic E-state index is 11.4. The lowest BCUT2D eigenvalue weighted by atomic mass is 10.1. The number of hydrogen-bond acceptors (Lipinski definition) is 2. The third-order valence-corrected chi connectivity index (χ3v) is 3.90. The van der Waals surface area contributed by atoms with Crippen LogP contribution in [0, 0.1) is 0 Å². The van der Waals surface area contributed by atoms with Crippen molar-refractivity contribution in [2.24, 2.45) is 0 Å². The number of benzene rings is 1. The fourth-order valence-electron chi connectivity index (χ4n) is 1.05. The van der Waals surface area contributed by atoms with Crippen LogP contribution in [-0.2, 0) is 22.6 Å². The van der Waals surface area contributed by atoms with Gasteiger partial charge in [-0.1, -0.05) is 24.3 Å². The molecular formula is C10H15ClN2O2S. The number of rotatable bonds is 5. The second-order valence-electron chi connectivity index (χ2n) is 3.56. The molecule has 4 nitrogen and oxygen atoms in total. The highest BCUT2D eigenvalue weighted by molar-refractivity contribution is 7.87. The van der Waals surface area contributed by atoms with E-state index < -0.39 is 10.2 Å². The molecule has 0 spiro atoms. The summed E-state index contributed by atoms with van der Waals surface area (Å²) >= 11 is 5.65. The SMILES string of the molecule is CN(C)S(=O)(=O)NCc1ccc(CCl)cc1. The Kier molecular flexibility index (Phi) is 4.73. The lowest BCUT2D eigenvalue weighted by Gasteiger charge is -2.12. The van der Waals surface area contributed by atoms with Gasteiger partial charge in [0.25, 0.3) is 10.2 Å². The lowest BCUT2D eigenvalue weighted by Crippen LogP contribution is -2.35. The molecule has 0 aromatic heterocycles. The normalized spacial score (nSPS) is 12.0. The number of alkyl halides is 1. The summed E-state index contributed by atoms with van der Waals surface area (Å²) in [6.45, 7) is 0.281. The largest absolute Gasteiger partial charge is 0.279 e. The zero-order valence-electron chi connectivity index (χ0n) is 9.27. The zero-order valence-corrected chi connectivity index (χ0v) is 10.8. The van der Waals surface area contributed by atoms with Crippen molar-refractivity contribution in [1.29, 1.82) is 0 Å². The van der Waals surface area contributed by atoms with Crippen molar-refractivity contribution in [2.75, 3.05) is 14.1 Å². The molecule has 0 aliphatic rings. The van der Waals surface area contributed by atoms with Gasteiger partial charge >= 0.3 is 0 Å². The quantitative estimate of drug-likeness (QED) is 0.814. The van der Waals surface area contributed by atoms with E-state index in [1.165, 1.54) is 14.1 Å². The molecule has 6 heteroatoms. The van der Waals surface area contributed by atoms with E-state index >= 15 is 0 Å². The Labute approximate surface area is 101 Å². The first kappa shape index (κ1) is 13.4. The predicted molar refractivity (Wildman–Crippen MR) is 65.4 cm³/mol. The average molecular weight is 263 g/mol. The van der Waals surface area contributed by atoms with Crippen LogP contribution in [0.3, 0.4) is 0 Å². The van der Waals surface area contributed by atoms with Crippen LogP contribution in [0.15, 0.2) is 24.3 Å².